The molecule has 2 heterocycles. The second-order valence-electron chi connectivity index (χ2n) is 8.54. The van der Waals surface area contributed by atoms with Crippen LogP contribution in [-0.2, 0) is 0 Å². The van der Waals surface area contributed by atoms with Gasteiger partial charge in [-0.25, -0.2) is 4.98 Å². The Morgan fingerprint density at radius 2 is 2.13 bits per heavy atom. The normalized spacial score (nSPS) is 38.3. The molecular weight excluding hydrogens is 286 g/mol. The molecule has 3 N–H and O–H groups in total. The van der Waals surface area contributed by atoms with E-state index in [0.717, 1.165) is 37.2 Å². The maximum absolute atomic E-state index is 6.02. The van der Waals surface area contributed by atoms with E-state index in [1.165, 1.54) is 19.3 Å². The minimum Gasteiger partial charge on any atom is -0.355 e. The number of nitrogens with two attached hydrogens (primary N) is 1. The lowest BCUT2D eigenvalue weighted by atomic mass is 9.69. The van der Waals surface area contributed by atoms with Crippen LogP contribution in [0.25, 0.3) is 0 Å². The van der Waals surface area contributed by atoms with E-state index < -0.39 is 0 Å². The average Bonchev–Trinajstić information content (AvgIpc) is 3.09. The minimum atomic E-state index is 0.270. The van der Waals surface area contributed by atoms with Gasteiger partial charge in [0.05, 0.1) is 0 Å². The molecule has 5 heteroatoms. The highest BCUT2D eigenvalue weighted by atomic mass is 15.3. The molecule has 3 aliphatic rings. The van der Waals surface area contributed by atoms with Gasteiger partial charge in [0.15, 0.2) is 0 Å². The Morgan fingerprint density at radius 3 is 2.74 bits per heavy atom. The number of anilines is 2. The fourth-order valence-electron chi connectivity index (χ4n) is 5.17. The summed E-state index contributed by atoms with van der Waals surface area (Å²) in [5, 5.41) is 3.66. The van der Waals surface area contributed by atoms with Gasteiger partial charge in [0.25, 0.3) is 0 Å². The van der Waals surface area contributed by atoms with E-state index in [2.05, 4.69) is 36.0 Å². The van der Waals surface area contributed by atoms with E-state index in [0.29, 0.717) is 16.9 Å². The molecule has 1 aliphatic heterocycles. The van der Waals surface area contributed by atoms with Crippen molar-refractivity contribution >= 4 is 11.8 Å². The zero-order chi connectivity index (χ0) is 16.2. The van der Waals surface area contributed by atoms with Gasteiger partial charge in [-0.3, -0.25) is 0 Å². The molecule has 0 amide bonds. The van der Waals surface area contributed by atoms with Crippen molar-refractivity contribution in [2.24, 2.45) is 22.5 Å². The highest BCUT2D eigenvalue weighted by molar-refractivity contribution is 5.44. The van der Waals surface area contributed by atoms with Gasteiger partial charge in [-0.2, -0.15) is 4.98 Å². The molecule has 0 unspecified atom stereocenters. The van der Waals surface area contributed by atoms with Gasteiger partial charge in [-0.1, -0.05) is 20.8 Å². The Hall–Kier alpha value is -1.36. The molecule has 23 heavy (non-hydrogen) atoms. The lowest BCUT2D eigenvalue weighted by Gasteiger charge is -2.39. The van der Waals surface area contributed by atoms with Crippen LogP contribution in [0.5, 0.6) is 0 Å². The topological polar surface area (TPSA) is 67.1 Å². The first-order valence-electron chi connectivity index (χ1n) is 9.00. The lowest BCUT2D eigenvalue weighted by molar-refractivity contribution is 0.142. The molecule has 0 aromatic carbocycles. The number of nitrogens with one attached hydrogen (secondary N) is 1. The number of nitrogens with zero attached hydrogens (tertiary/aromatic N) is 3. The summed E-state index contributed by atoms with van der Waals surface area (Å²) in [4.78, 5) is 11.5. The van der Waals surface area contributed by atoms with Crippen molar-refractivity contribution in [1.82, 2.24) is 9.97 Å². The number of hydrogen-bond donors (Lipinski definition) is 2. The van der Waals surface area contributed by atoms with Crippen molar-refractivity contribution in [2.45, 2.75) is 58.5 Å². The Balaban J connectivity index is 1.52. The fourth-order valence-corrected chi connectivity index (χ4v) is 5.17. The van der Waals surface area contributed by atoms with Crippen LogP contribution < -0.4 is 16.0 Å². The molecule has 1 aromatic rings. The summed E-state index contributed by atoms with van der Waals surface area (Å²) < 4.78 is 0. The summed E-state index contributed by atoms with van der Waals surface area (Å²) in [7, 11) is 0. The number of hydrogen-bond acceptors (Lipinski definition) is 5. The van der Waals surface area contributed by atoms with E-state index in [1.807, 2.05) is 12.3 Å². The van der Waals surface area contributed by atoms with Gasteiger partial charge in [0, 0.05) is 31.4 Å². The van der Waals surface area contributed by atoms with Gasteiger partial charge in [0.1, 0.15) is 5.82 Å². The molecule has 2 saturated carbocycles. The highest BCUT2D eigenvalue weighted by Gasteiger charge is 2.61. The predicted octanol–water partition coefficient (Wildman–Crippen LogP) is 2.64. The van der Waals surface area contributed by atoms with Crippen LogP contribution >= 0.6 is 0 Å². The van der Waals surface area contributed by atoms with Gasteiger partial charge in [-0.15, -0.1) is 0 Å². The second kappa shape index (κ2) is 5.07. The summed E-state index contributed by atoms with van der Waals surface area (Å²) in [5.74, 6) is 2.60. The fraction of sp³-hybridized carbons (Fsp3) is 0.778. The maximum Gasteiger partial charge on any atom is 0.224 e. The molecule has 126 valence electrons. The van der Waals surface area contributed by atoms with Crippen LogP contribution in [0.15, 0.2) is 12.3 Å². The van der Waals surface area contributed by atoms with Crippen molar-refractivity contribution in [1.29, 1.82) is 0 Å². The summed E-state index contributed by atoms with van der Waals surface area (Å²) in [6.07, 6.45) is 6.83. The Kier molecular flexibility index (Phi) is 3.34. The minimum absolute atomic E-state index is 0.270. The summed E-state index contributed by atoms with van der Waals surface area (Å²) in [6, 6.07) is 2.74. The predicted molar refractivity (Wildman–Crippen MR) is 93.5 cm³/mol. The molecule has 3 fully saturated rings. The van der Waals surface area contributed by atoms with Crippen molar-refractivity contribution in [3.63, 3.8) is 0 Å². The van der Waals surface area contributed by atoms with Crippen LogP contribution in [0.3, 0.4) is 0 Å². The Bertz CT molecular complexity index is 601. The molecule has 1 aromatic heterocycles. The van der Waals surface area contributed by atoms with Crippen LogP contribution in [0, 0.1) is 16.7 Å². The molecule has 0 spiro atoms. The van der Waals surface area contributed by atoms with Crippen molar-refractivity contribution in [2.75, 3.05) is 23.3 Å². The molecule has 4 atom stereocenters. The van der Waals surface area contributed by atoms with E-state index in [1.54, 1.807) is 0 Å². The van der Waals surface area contributed by atoms with Gasteiger partial charge >= 0.3 is 0 Å². The Morgan fingerprint density at radius 1 is 1.30 bits per heavy atom. The first-order valence-corrected chi connectivity index (χ1v) is 9.00. The third kappa shape index (κ3) is 2.24. The first-order chi connectivity index (χ1) is 10.9. The third-order valence-electron chi connectivity index (χ3n) is 7.29. The zero-order valence-corrected chi connectivity index (χ0v) is 14.5. The van der Waals surface area contributed by atoms with Crippen molar-refractivity contribution < 1.29 is 0 Å². The highest BCUT2D eigenvalue weighted by Crippen LogP contribution is 2.65. The molecule has 2 bridgehead atoms. The average molecular weight is 315 g/mol. The van der Waals surface area contributed by atoms with E-state index in [9.17, 15) is 0 Å². The van der Waals surface area contributed by atoms with E-state index in [4.69, 9.17) is 10.7 Å². The molecule has 0 radical (unpaired) electrons. The van der Waals surface area contributed by atoms with Crippen molar-refractivity contribution in [3.05, 3.63) is 12.3 Å². The van der Waals surface area contributed by atoms with Crippen molar-refractivity contribution in [3.8, 4) is 0 Å². The monoisotopic (exact) mass is 315 g/mol. The van der Waals surface area contributed by atoms with E-state index in [-0.39, 0.29) is 6.04 Å². The van der Waals surface area contributed by atoms with E-state index >= 15 is 0 Å². The van der Waals surface area contributed by atoms with Crippen LogP contribution in [0.4, 0.5) is 11.8 Å². The molecule has 2 aliphatic carbocycles. The maximum atomic E-state index is 6.02. The first kappa shape index (κ1) is 15.2. The number of aromatic nitrogens is 2. The van der Waals surface area contributed by atoms with Gasteiger partial charge in [0.2, 0.25) is 5.95 Å². The lowest BCUT2D eigenvalue weighted by Crippen LogP contribution is -2.40. The third-order valence-corrected chi connectivity index (χ3v) is 7.29. The second-order valence-corrected chi connectivity index (χ2v) is 8.54. The summed E-state index contributed by atoms with van der Waals surface area (Å²) in [6.45, 7) is 9.21. The van der Waals surface area contributed by atoms with Crippen LogP contribution in [0.1, 0.15) is 46.5 Å². The number of rotatable bonds is 3. The van der Waals surface area contributed by atoms with Crippen LogP contribution in [0.2, 0.25) is 0 Å². The smallest absolute Gasteiger partial charge is 0.224 e. The summed E-state index contributed by atoms with van der Waals surface area (Å²) in [5.41, 5.74) is 6.77. The SMILES string of the molecule is CC1(C)[C@@H]2CC[C@@]1(C)[C@@H](Nc1nccc(N3CC[C@@H](N)C3)n1)C2. The van der Waals surface area contributed by atoms with Gasteiger partial charge < -0.3 is 16.0 Å². The zero-order valence-electron chi connectivity index (χ0n) is 14.5. The molecule has 4 rings (SSSR count). The van der Waals surface area contributed by atoms with Gasteiger partial charge in [-0.05, 0) is 48.5 Å². The Labute approximate surface area is 139 Å². The molecule has 5 nitrogen and oxygen atoms in total. The summed E-state index contributed by atoms with van der Waals surface area (Å²) >= 11 is 0. The molecule has 1 saturated heterocycles. The largest absolute Gasteiger partial charge is 0.355 e. The van der Waals surface area contributed by atoms with Crippen LogP contribution in [-0.4, -0.2) is 35.1 Å². The quantitative estimate of drug-likeness (QED) is 0.897. The molecular formula is C18H29N5. The number of fused-ring (bicyclic) bond motifs is 2. The standard InChI is InChI=1S/C18H29N5/c1-17(2)12-4-7-18(17,3)14(10-12)21-16-20-8-5-15(22-16)23-9-6-13(19)11-23/h5,8,12-14H,4,6-7,9-11,19H2,1-3H3,(H,20,21,22)/t12-,13-,14+,18+/m1/s1.